The van der Waals surface area contributed by atoms with E-state index in [4.69, 9.17) is 4.74 Å². The van der Waals surface area contributed by atoms with E-state index >= 15 is 0 Å². The van der Waals surface area contributed by atoms with E-state index in [1.165, 1.54) is 4.31 Å². The first-order valence-electron chi connectivity index (χ1n) is 10.2. The van der Waals surface area contributed by atoms with Crippen molar-refractivity contribution in [2.75, 3.05) is 56.9 Å². The van der Waals surface area contributed by atoms with Gasteiger partial charge in [0.25, 0.3) is 10.0 Å². The van der Waals surface area contributed by atoms with Gasteiger partial charge in [0.1, 0.15) is 12.3 Å². The van der Waals surface area contributed by atoms with Gasteiger partial charge in [-0.25, -0.2) is 8.42 Å². The van der Waals surface area contributed by atoms with Crippen molar-refractivity contribution in [2.45, 2.75) is 16.7 Å². The third-order valence-electron chi connectivity index (χ3n) is 5.22. The molecule has 2 aromatic carbocycles. The molecule has 1 heterocycles. The molecule has 0 atom stereocenters. The van der Waals surface area contributed by atoms with Crippen LogP contribution in [0, 0.1) is 0 Å². The molecular weight excluding hydrogens is 434 g/mol. The zero-order valence-electron chi connectivity index (χ0n) is 18.2. The highest BCUT2D eigenvalue weighted by atomic mass is 32.2. The summed E-state index contributed by atoms with van der Waals surface area (Å²) in [4.78, 5) is 18.0. The number of benzene rings is 2. The Morgan fingerprint density at radius 3 is 2.19 bits per heavy atom. The molecule has 1 fully saturated rings. The number of anilines is 1. The molecule has 0 bridgehead atoms. The number of carbonyl (C=O) groups excluding carboxylic acids is 1. The fourth-order valence-electron chi connectivity index (χ4n) is 3.34. The number of carbonyl (C=O) groups is 1. The van der Waals surface area contributed by atoms with Crippen molar-refractivity contribution in [1.29, 1.82) is 0 Å². The molecule has 9 heteroatoms. The number of likely N-dealkylation sites (N-methyl/N-ethyl adjacent to an activating group) is 1. The molecule has 0 aliphatic carbocycles. The maximum atomic E-state index is 13.5. The first-order valence-corrected chi connectivity index (χ1v) is 12.9. The lowest BCUT2D eigenvalue weighted by molar-refractivity contribution is -0.131. The van der Waals surface area contributed by atoms with Crippen LogP contribution < -0.4 is 9.04 Å². The van der Waals surface area contributed by atoms with Crippen molar-refractivity contribution >= 4 is 33.4 Å². The summed E-state index contributed by atoms with van der Waals surface area (Å²) in [5.74, 6) is 0.449. The third-order valence-corrected chi connectivity index (χ3v) is 7.75. The number of sulfonamides is 1. The van der Waals surface area contributed by atoms with Crippen LogP contribution in [0.15, 0.2) is 58.3 Å². The molecule has 1 saturated heterocycles. The summed E-state index contributed by atoms with van der Waals surface area (Å²) >= 11 is 1.54. The number of amides is 1. The molecule has 0 N–H and O–H groups in total. The van der Waals surface area contributed by atoms with E-state index in [1.807, 2.05) is 20.2 Å². The molecule has 0 aromatic heterocycles. The highest BCUT2D eigenvalue weighted by molar-refractivity contribution is 7.98. The van der Waals surface area contributed by atoms with Crippen molar-refractivity contribution < 1.29 is 17.9 Å². The topological polar surface area (TPSA) is 70.2 Å². The van der Waals surface area contributed by atoms with Crippen LogP contribution >= 0.6 is 11.8 Å². The van der Waals surface area contributed by atoms with Crippen molar-refractivity contribution in [2.24, 2.45) is 0 Å². The quantitative estimate of drug-likeness (QED) is 0.561. The molecule has 1 amide bonds. The van der Waals surface area contributed by atoms with Crippen LogP contribution in [0.1, 0.15) is 6.92 Å². The van der Waals surface area contributed by atoms with E-state index in [1.54, 1.807) is 65.2 Å². The van der Waals surface area contributed by atoms with Gasteiger partial charge in [-0.1, -0.05) is 0 Å². The van der Waals surface area contributed by atoms with E-state index in [-0.39, 0.29) is 17.3 Å². The van der Waals surface area contributed by atoms with Crippen LogP contribution in [0.25, 0.3) is 0 Å². The predicted octanol–water partition coefficient (Wildman–Crippen LogP) is 2.78. The monoisotopic (exact) mass is 463 g/mol. The van der Waals surface area contributed by atoms with E-state index in [0.717, 1.165) is 18.0 Å². The molecule has 3 rings (SSSR count). The second kappa shape index (κ2) is 10.4. The molecule has 0 radical (unpaired) electrons. The lowest BCUT2D eigenvalue weighted by Gasteiger charge is -2.34. The molecule has 7 nitrogen and oxygen atoms in total. The zero-order valence-corrected chi connectivity index (χ0v) is 19.8. The van der Waals surface area contributed by atoms with Gasteiger partial charge in [0.2, 0.25) is 5.91 Å². The van der Waals surface area contributed by atoms with Crippen molar-refractivity contribution in [3.05, 3.63) is 48.5 Å². The summed E-state index contributed by atoms with van der Waals surface area (Å²) in [6.07, 6.45) is 1.93. The number of rotatable bonds is 8. The summed E-state index contributed by atoms with van der Waals surface area (Å²) in [5, 5.41) is 0. The molecule has 2 aromatic rings. The van der Waals surface area contributed by atoms with Gasteiger partial charge < -0.3 is 14.5 Å². The minimum atomic E-state index is -3.92. The van der Waals surface area contributed by atoms with Gasteiger partial charge in [0.15, 0.2) is 0 Å². The molecular formula is C22H29N3O4S2. The molecule has 1 aliphatic rings. The minimum Gasteiger partial charge on any atom is -0.494 e. The second-order valence-corrected chi connectivity index (χ2v) is 10.0. The average molecular weight is 464 g/mol. The van der Waals surface area contributed by atoms with Crippen molar-refractivity contribution in [1.82, 2.24) is 9.80 Å². The molecule has 31 heavy (non-hydrogen) atoms. The van der Waals surface area contributed by atoms with E-state index in [0.29, 0.717) is 31.1 Å². The van der Waals surface area contributed by atoms with Crippen LogP contribution in [0.5, 0.6) is 5.75 Å². The Balaban J connectivity index is 1.91. The van der Waals surface area contributed by atoms with Crippen LogP contribution in [0.4, 0.5) is 5.69 Å². The van der Waals surface area contributed by atoms with Crippen LogP contribution in [0.2, 0.25) is 0 Å². The van der Waals surface area contributed by atoms with Gasteiger partial charge in [0.05, 0.1) is 17.2 Å². The molecule has 1 aliphatic heterocycles. The maximum Gasteiger partial charge on any atom is 0.264 e. The smallest absolute Gasteiger partial charge is 0.264 e. The highest BCUT2D eigenvalue weighted by Gasteiger charge is 2.30. The van der Waals surface area contributed by atoms with E-state index in [9.17, 15) is 13.2 Å². The normalized spacial score (nSPS) is 15.0. The summed E-state index contributed by atoms with van der Waals surface area (Å²) < 4.78 is 33.7. The molecule has 0 saturated carbocycles. The number of hydrogen-bond acceptors (Lipinski definition) is 6. The van der Waals surface area contributed by atoms with E-state index in [2.05, 4.69) is 4.90 Å². The standard InChI is InChI=1S/C22H29N3O4S2/c1-4-29-19-7-5-18(6-8-19)25(17-22(26)24-15-13-23(2)14-16-24)31(27,28)21-11-9-20(30-3)10-12-21/h5-12H,4,13-17H2,1-3H3. The van der Waals surface area contributed by atoms with Gasteiger partial charge in [-0.3, -0.25) is 9.10 Å². The fourth-order valence-corrected chi connectivity index (χ4v) is 5.17. The number of thioether (sulfide) groups is 1. The average Bonchev–Trinajstić information content (AvgIpc) is 2.78. The first kappa shape index (κ1) is 23.4. The third kappa shape index (κ3) is 5.72. The molecule has 0 unspecified atom stereocenters. The van der Waals surface area contributed by atoms with E-state index < -0.39 is 10.0 Å². The Kier molecular flexibility index (Phi) is 7.85. The first-order chi connectivity index (χ1) is 14.8. The second-order valence-electron chi connectivity index (χ2n) is 7.30. The Bertz CT molecular complexity index is 971. The summed E-state index contributed by atoms with van der Waals surface area (Å²) in [6.45, 7) is 4.90. The van der Waals surface area contributed by atoms with Crippen molar-refractivity contribution in [3.8, 4) is 5.75 Å². The predicted molar refractivity (Wildman–Crippen MR) is 124 cm³/mol. The Labute approximate surface area is 189 Å². The molecule has 168 valence electrons. The Hall–Kier alpha value is -2.23. The number of piperazine rings is 1. The number of nitrogens with zero attached hydrogens (tertiary/aromatic N) is 3. The SMILES string of the molecule is CCOc1ccc(N(CC(=O)N2CCN(C)CC2)S(=O)(=O)c2ccc(SC)cc2)cc1. The highest BCUT2D eigenvalue weighted by Crippen LogP contribution is 2.27. The van der Waals surface area contributed by atoms with Gasteiger partial charge >= 0.3 is 0 Å². The summed E-state index contributed by atoms with van der Waals surface area (Å²) in [5.41, 5.74) is 0.430. The lowest BCUT2D eigenvalue weighted by atomic mass is 10.3. The van der Waals surface area contributed by atoms with Crippen molar-refractivity contribution in [3.63, 3.8) is 0 Å². The van der Waals surface area contributed by atoms with Gasteiger partial charge in [0, 0.05) is 31.1 Å². The van der Waals surface area contributed by atoms with Crippen LogP contribution in [-0.4, -0.2) is 76.8 Å². The zero-order chi connectivity index (χ0) is 22.4. The van der Waals surface area contributed by atoms with Crippen LogP contribution in [-0.2, 0) is 14.8 Å². The largest absolute Gasteiger partial charge is 0.494 e. The minimum absolute atomic E-state index is 0.158. The number of hydrogen-bond donors (Lipinski definition) is 0. The number of ether oxygens (including phenoxy) is 1. The Morgan fingerprint density at radius 2 is 1.65 bits per heavy atom. The van der Waals surface area contributed by atoms with Gasteiger partial charge in [-0.2, -0.15) is 0 Å². The molecule has 0 spiro atoms. The Morgan fingerprint density at radius 1 is 1.03 bits per heavy atom. The summed E-state index contributed by atoms with van der Waals surface area (Å²) in [7, 11) is -1.91. The van der Waals surface area contributed by atoms with Crippen LogP contribution in [0.3, 0.4) is 0 Å². The summed E-state index contributed by atoms with van der Waals surface area (Å²) in [6, 6.07) is 13.5. The van der Waals surface area contributed by atoms with Gasteiger partial charge in [-0.05, 0) is 68.8 Å². The van der Waals surface area contributed by atoms with Gasteiger partial charge in [-0.15, -0.1) is 11.8 Å². The fraction of sp³-hybridized carbons (Fsp3) is 0.409. The lowest BCUT2D eigenvalue weighted by Crippen LogP contribution is -2.50. The maximum absolute atomic E-state index is 13.5.